The zero-order chi connectivity index (χ0) is 26.6. The van der Waals surface area contributed by atoms with Crippen molar-refractivity contribution in [3.63, 3.8) is 0 Å². The Hall–Kier alpha value is -2.71. The second kappa shape index (κ2) is 9.24. The molecule has 0 aliphatic heterocycles. The van der Waals surface area contributed by atoms with E-state index in [4.69, 9.17) is 14.6 Å². The quantitative estimate of drug-likeness (QED) is 0.428. The van der Waals surface area contributed by atoms with E-state index in [-0.39, 0.29) is 27.8 Å². The molecule has 0 bridgehead atoms. The SMILES string of the molecule is CC[C@@]12CCc3cc(OC(C)=O)ccc3[C@H]1CC[C@]1(C)[C@@H](OC(=O)c3ccc(S(N)(=O)=O)cc3)CC[C@H]12. The number of rotatable bonds is 5. The lowest BCUT2D eigenvalue weighted by Crippen LogP contribution is -2.52. The zero-order valence-electron chi connectivity index (χ0n) is 21.7. The van der Waals surface area contributed by atoms with Gasteiger partial charge in [0.1, 0.15) is 11.9 Å². The predicted octanol–water partition coefficient (Wildman–Crippen LogP) is 5.12. The third kappa shape index (κ3) is 4.38. The van der Waals surface area contributed by atoms with Gasteiger partial charge in [0.05, 0.1) is 10.5 Å². The second-order valence-electron chi connectivity index (χ2n) is 11.2. The summed E-state index contributed by atoms with van der Waals surface area (Å²) in [6.07, 6.45) is 6.75. The van der Waals surface area contributed by atoms with E-state index >= 15 is 0 Å². The number of fused-ring (bicyclic) bond motifs is 5. The number of nitrogens with two attached hydrogens (primary N) is 1. The van der Waals surface area contributed by atoms with E-state index in [0.717, 1.165) is 44.9 Å². The van der Waals surface area contributed by atoms with Crippen LogP contribution in [0, 0.1) is 16.7 Å². The first-order valence-electron chi connectivity index (χ1n) is 13.1. The van der Waals surface area contributed by atoms with Gasteiger partial charge in [0, 0.05) is 12.3 Å². The largest absolute Gasteiger partial charge is 0.458 e. The third-order valence-electron chi connectivity index (χ3n) is 9.55. The summed E-state index contributed by atoms with van der Waals surface area (Å²) in [5, 5.41) is 5.18. The molecule has 0 heterocycles. The molecule has 7 nitrogen and oxygen atoms in total. The maximum absolute atomic E-state index is 13.0. The average Bonchev–Trinajstić information content (AvgIpc) is 3.19. The van der Waals surface area contributed by atoms with Gasteiger partial charge in [0.25, 0.3) is 0 Å². The van der Waals surface area contributed by atoms with Crippen LogP contribution >= 0.6 is 0 Å². The predicted molar refractivity (Wildman–Crippen MR) is 139 cm³/mol. The molecule has 5 rings (SSSR count). The first kappa shape index (κ1) is 25.9. The molecule has 3 aliphatic carbocycles. The van der Waals surface area contributed by atoms with Crippen molar-refractivity contribution in [2.24, 2.45) is 21.9 Å². The summed E-state index contributed by atoms with van der Waals surface area (Å²) in [5.41, 5.74) is 3.01. The molecular formula is C29H35NO6S. The van der Waals surface area contributed by atoms with Gasteiger partial charge in [-0.25, -0.2) is 18.4 Å². The Morgan fingerprint density at radius 1 is 1.05 bits per heavy atom. The van der Waals surface area contributed by atoms with Crippen LogP contribution in [0.4, 0.5) is 0 Å². The lowest BCUT2D eigenvalue weighted by atomic mass is 9.46. The maximum Gasteiger partial charge on any atom is 0.338 e. The highest BCUT2D eigenvalue weighted by Crippen LogP contribution is 2.68. The van der Waals surface area contributed by atoms with Crippen molar-refractivity contribution in [2.75, 3.05) is 0 Å². The molecule has 0 saturated heterocycles. The van der Waals surface area contributed by atoms with Crippen molar-refractivity contribution in [1.29, 1.82) is 0 Å². The Bertz CT molecular complexity index is 1340. The van der Waals surface area contributed by atoms with Crippen molar-refractivity contribution >= 4 is 22.0 Å². The molecule has 2 N–H and O–H groups in total. The van der Waals surface area contributed by atoms with E-state index in [1.165, 1.54) is 42.3 Å². The molecule has 2 saturated carbocycles. The topological polar surface area (TPSA) is 113 Å². The van der Waals surface area contributed by atoms with Crippen molar-refractivity contribution in [3.8, 4) is 5.75 Å². The Labute approximate surface area is 218 Å². The molecule has 0 amide bonds. The summed E-state index contributed by atoms with van der Waals surface area (Å²) in [5.74, 6) is 0.755. The van der Waals surface area contributed by atoms with Gasteiger partial charge in [0.15, 0.2) is 0 Å². The van der Waals surface area contributed by atoms with Crippen LogP contribution in [0.5, 0.6) is 5.75 Å². The van der Waals surface area contributed by atoms with Crippen LogP contribution in [0.3, 0.4) is 0 Å². The monoisotopic (exact) mass is 525 g/mol. The number of benzene rings is 2. The van der Waals surface area contributed by atoms with Gasteiger partial charge in [-0.1, -0.05) is 19.9 Å². The second-order valence-corrected chi connectivity index (χ2v) is 12.8. The zero-order valence-corrected chi connectivity index (χ0v) is 22.5. The molecule has 2 aromatic rings. The number of carbonyl (C=O) groups excluding carboxylic acids is 2. The number of hydrogen-bond acceptors (Lipinski definition) is 6. The Morgan fingerprint density at radius 2 is 1.78 bits per heavy atom. The van der Waals surface area contributed by atoms with E-state index in [1.54, 1.807) is 0 Å². The fourth-order valence-corrected chi connectivity index (χ4v) is 8.37. The molecular weight excluding hydrogens is 490 g/mol. The van der Waals surface area contributed by atoms with Gasteiger partial charge in [-0.05, 0) is 110 Å². The van der Waals surface area contributed by atoms with Gasteiger partial charge in [-0.3, -0.25) is 4.79 Å². The normalized spacial score (nSPS) is 30.5. The van der Waals surface area contributed by atoms with Crippen LogP contribution in [-0.2, 0) is 26.0 Å². The number of ether oxygens (including phenoxy) is 2. The highest BCUT2D eigenvalue weighted by atomic mass is 32.2. The van der Waals surface area contributed by atoms with Crippen molar-refractivity contribution < 1.29 is 27.5 Å². The Kier molecular flexibility index (Phi) is 6.47. The van der Waals surface area contributed by atoms with E-state index in [9.17, 15) is 18.0 Å². The van der Waals surface area contributed by atoms with Crippen LogP contribution in [-0.4, -0.2) is 26.5 Å². The summed E-state index contributed by atoms with van der Waals surface area (Å²) in [7, 11) is -3.82. The van der Waals surface area contributed by atoms with E-state index in [1.807, 2.05) is 12.1 Å². The molecule has 0 aromatic heterocycles. The van der Waals surface area contributed by atoms with Crippen LogP contribution in [0.25, 0.3) is 0 Å². The summed E-state index contributed by atoms with van der Waals surface area (Å²) in [6, 6.07) is 11.7. The molecule has 2 aromatic carbocycles. The Morgan fingerprint density at radius 3 is 2.43 bits per heavy atom. The molecule has 2 fully saturated rings. The first-order chi connectivity index (χ1) is 17.5. The summed E-state index contributed by atoms with van der Waals surface area (Å²) in [4.78, 5) is 24.4. The highest BCUT2D eigenvalue weighted by Gasteiger charge is 2.62. The lowest BCUT2D eigenvalue weighted by molar-refractivity contribution is -0.131. The average molecular weight is 526 g/mol. The van der Waals surface area contributed by atoms with Gasteiger partial charge >= 0.3 is 11.9 Å². The fourth-order valence-electron chi connectivity index (χ4n) is 7.86. The lowest BCUT2D eigenvalue weighted by Gasteiger charge is -2.58. The van der Waals surface area contributed by atoms with Crippen LogP contribution < -0.4 is 9.88 Å². The van der Waals surface area contributed by atoms with Crippen LogP contribution in [0.15, 0.2) is 47.4 Å². The third-order valence-corrected chi connectivity index (χ3v) is 10.5. The number of esters is 2. The fraction of sp³-hybridized carbons (Fsp3) is 0.517. The van der Waals surface area contributed by atoms with Crippen LogP contribution in [0.2, 0.25) is 0 Å². The van der Waals surface area contributed by atoms with Crippen molar-refractivity contribution in [3.05, 3.63) is 59.2 Å². The summed E-state index contributed by atoms with van der Waals surface area (Å²) in [6.45, 7) is 6.01. The van der Waals surface area contributed by atoms with Crippen molar-refractivity contribution in [2.45, 2.75) is 82.6 Å². The minimum atomic E-state index is -3.82. The molecule has 5 atom stereocenters. The molecule has 198 valence electrons. The van der Waals surface area contributed by atoms with Crippen molar-refractivity contribution in [1.82, 2.24) is 0 Å². The minimum Gasteiger partial charge on any atom is -0.458 e. The van der Waals surface area contributed by atoms with Gasteiger partial charge in [0.2, 0.25) is 10.0 Å². The van der Waals surface area contributed by atoms with Crippen LogP contribution in [0.1, 0.15) is 86.7 Å². The van der Waals surface area contributed by atoms with Gasteiger partial charge < -0.3 is 9.47 Å². The number of hydrogen-bond donors (Lipinski definition) is 1. The molecule has 0 spiro atoms. The summed E-state index contributed by atoms with van der Waals surface area (Å²) < 4.78 is 34.5. The van der Waals surface area contributed by atoms with Gasteiger partial charge in [-0.2, -0.15) is 0 Å². The minimum absolute atomic E-state index is 0.0299. The Balaban J connectivity index is 1.38. The maximum atomic E-state index is 13.0. The van der Waals surface area contributed by atoms with E-state index < -0.39 is 16.0 Å². The van der Waals surface area contributed by atoms with Gasteiger partial charge in [-0.15, -0.1) is 0 Å². The smallest absolute Gasteiger partial charge is 0.338 e. The number of aryl methyl sites for hydroxylation is 1. The van der Waals surface area contributed by atoms with E-state index in [0.29, 0.717) is 23.1 Å². The molecule has 37 heavy (non-hydrogen) atoms. The first-order valence-corrected chi connectivity index (χ1v) is 14.7. The van der Waals surface area contributed by atoms with E-state index in [2.05, 4.69) is 19.9 Å². The summed E-state index contributed by atoms with van der Waals surface area (Å²) >= 11 is 0. The number of primary sulfonamides is 1. The number of carbonyl (C=O) groups is 2. The standard InChI is InChI=1S/C29H35NO6S/c1-4-29-16-13-20-17-21(35-18(2)31)7-10-23(20)24(29)14-15-28(3)25(29)11-12-26(28)36-27(32)19-5-8-22(9-6-19)37(30,33)34/h5-10,17,24-26H,4,11-16H2,1-3H3,(H2,30,33,34)/t24-,25-,26+,28+,29-/m1/s1. The molecule has 0 unspecified atom stereocenters. The highest BCUT2D eigenvalue weighted by molar-refractivity contribution is 7.89. The molecule has 0 radical (unpaired) electrons. The number of sulfonamides is 1. The molecule has 8 heteroatoms. The molecule has 3 aliphatic rings.